The average Bonchev–Trinajstić information content (AvgIpc) is 3.10. The summed E-state index contributed by atoms with van der Waals surface area (Å²) in [7, 11) is 0. The Morgan fingerprint density at radius 3 is 2.68 bits per heavy atom. The zero-order chi connectivity index (χ0) is 19.7. The molecule has 2 saturated heterocycles. The zero-order valence-electron chi connectivity index (χ0n) is 15.9. The molecule has 0 saturated carbocycles. The molecule has 2 aliphatic heterocycles. The van der Waals surface area contributed by atoms with Crippen molar-refractivity contribution in [2.24, 2.45) is 0 Å². The van der Waals surface area contributed by atoms with E-state index in [9.17, 15) is 14.4 Å². The molecule has 1 N–H and O–H groups in total. The van der Waals surface area contributed by atoms with E-state index >= 15 is 0 Å². The molecule has 8 nitrogen and oxygen atoms in total. The number of likely N-dealkylation sites (tertiary alicyclic amines) is 2. The molecule has 2 aromatic rings. The molecule has 0 aliphatic carbocycles. The number of pyridine rings is 1. The summed E-state index contributed by atoms with van der Waals surface area (Å²) in [5.74, 6) is -0.0148. The van der Waals surface area contributed by atoms with Gasteiger partial charge in [0.1, 0.15) is 16.9 Å². The monoisotopic (exact) mass is 381 g/mol. The number of aryl methyl sites for hydroxylation is 1. The molecule has 4 rings (SSSR count). The van der Waals surface area contributed by atoms with E-state index in [1.807, 2.05) is 18.2 Å². The molecule has 2 amide bonds. The minimum Gasteiger partial charge on any atom is -0.335 e. The van der Waals surface area contributed by atoms with Crippen LogP contribution in [0.25, 0.3) is 0 Å². The fraction of sp³-hybridized carbons (Fsp3) is 0.450. The highest BCUT2D eigenvalue weighted by Crippen LogP contribution is 2.39. The van der Waals surface area contributed by atoms with Crippen molar-refractivity contribution < 1.29 is 9.59 Å². The van der Waals surface area contributed by atoms with Crippen molar-refractivity contribution in [3.63, 3.8) is 0 Å². The van der Waals surface area contributed by atoms with Gasteiger partial charge in [-0.2, -0.15) is 0 Å². The van der Waals surface area contributed by atoms with Crippen molar-refractivity contribution in [3.8, 4) is 0 Å². The van der Waals surface area contributed by atoms with Crippen molar-refractivity contribution in [3.05, 3.63) is 58.0 Å². The summed E-state index contributed by atoms with van der Waals surface area (Å²) < 4.78 is 0. The van der Waals surface area contributed by atoms with Gasteiger partial charge in [-0.15, -0.1) is 0 Å². The number of rotatable bonds is 3. The quantitative estimate of drug-likeness (QED) is 0.863. The molecule has 0 radical (unpaired) electrons. The van der Waals surface area contributed by atoms with E-state index in [1.54, 1.807) is 22.9 Å². The lowest BCUT2D eigenvalue weighted by Crippen LogP contribution is -2.61. The summed E-state index contributed by atoms with van der Waals surface area (Å²) in [5, 5.41) is 0. The average molecular weight is 381 g/mol. The molecule has 2 aromatic heterocycles. The van der Waals surface area contributed by atoms with Crippen LogP contribution in [0.2, 0.25) is 0 Å². The van der Waals surface area contributed by atoms with Gasteiger partial charge in [-0.05, 0) is 44.7 Å². The predicted octanol–water partition coefficient (Wildman–Crippen LogP) is 1.27. The number of nitrogens with zero attached hydrogens (tertiary/aromatic N) is 4. The summed E-state index contributed by atoms with van der Waals surface area (Å²) in [6, 6.07) is 5.63. The second kappa shape index (κ2) is 7.18. The fourth-order valence-electron chi connectivity index (χ4n) is 4.34. The topological polar surface area (TPSA) is 99.3 Å². The van der Waals surface area contributed by atoms with Crippen LogP contribution in [-0.4, -0.2) is 55.2 Å². The van der Waals surface area contributed by atoms with Crippen LogP contribution in [0.4, 0.5) is 0 Å². The molecular weight excluding hydrogens is 358 g/mol. The van der Waals surface area contributed by atoms with Crippen molar-refractivity contribution in [1.29, 1.82) is 0 Å². The summed E-state index contributed by atoms with van der Waals surface area (Å²) >= 11 is 0. The predicted molar refractivity (Wildman–Crippen MR) is 101 cm³/mol. The molecular formula is C20H23N5O3. The van der Waals surface area contributed by atoms with Crippen molar-refractivity contribution in [2.45, 2.75) is 44.7 Å². The Bertz CT molecular complexity index is 958. The number of carbonyl (C=O) groups is 2. The normalized spacial score (nSPS) is 22.1. The number of carbonyl (C=O) groups excluding carboxylic acids is 2. The molecule has 1 unspecified atom stereocenters. The molecule has 1 atom stereocenters. The molecule has 8 heteroatoms. The van der Waals surface area contributed by atoms with Crippen LogP contribution in [0, 0.1) is 6.92 Å². The summed E-state index contributed by atoms with van der Waals surface area (Å²) in [6.45, 7) is 3.20. The molecule has 2 aliphatic rings. The number of aromatic amines is 1. The van der Waals surface area contributed by atoms with E-state index in [0.717, 1.165) is 18.5 Å². The number of hydrogen-bond donors (Lipinski definition) is 1. The molecule has 28 heavy (non-hydrogen) atoms. The fourth-order valence-corrected chi connectivity index (χ4v) is 4.34. The largest absolute Gasteiger partial charge is 0.335 e. The van der Waals surface area contributed by atoms with Gasteiger partial charge < -0.3 is 14.8 Å². The highest BCUT2D eigenvalue weighted by atomic mass is 16.2. The van der Waals surface area contributed by atoms with E-state index in [2.05, 4.69) is 15.0 Å². The maximum absolute atomic E-state index is 13.4. The molecule has 4 heterocycles. The maximum Gasteiger partial charge on any atom is 0.263 e. The highest BCUT2D eigenvalue weighted by Gasteiger charge is 2.53. The van der Waals surface area contributed by atoms with Crippen LogP contribution in [0.5, 0.6) is 0 Å². The smallest absolute Gasteiger partial charge is 0.263 e. The third-order valence-corrected chi connectivity index (χ3v) is 5.67. The molecule has 0 aromatic carbocycles. The Balaban J connectivity index is 1.62. The van der Waals surface area contributed by atoms with Crippen LogP contribution >= 0.6 is 0 Å². The first-order chi connectivity index (χ1) is 13.5. The molecule has 1 spiro atoms. The van der Waals surface area contributed by atoms with E-state index < -0.39 is 17.0 Å². The maximum atomic E-state index is 13.4. The van der Waals surface area contributed by atoms with Crippen molar-refractivity contribution in [1.82, 2.24) is 24.8 Å². The second-order valence-electron chi connectivity index (χ2n) is 7.45. The number of piperidine rings is 1. The van der Waals surface area contributed by atoms with Crippen LogP contribution in [0.15, 0.2) is 35.4 Å². The van der Waals surface area contributed by atoms with Gasteiger partial charge in [-0.1, -0.05) is 6.07 Å². The van der Waals surface area contributed by atoms with Gasteiger partial charge in [0, 0.05) is 25.5 Å². The summed E-state index contributed by atoms with van der Waals surface area (Å²) in [4.78, 5) is 53.2. The third kappa shape index (κ3) is 3.08. The lowest BCUT2D eigenvalue weighted by molar-refractivity contribution is -0.146. The van der Waals surface area contributed by atoms with Gasteiger partial charge in [0.2, 0.25) is 5.91 Å². The van der Waals surface area contributed by atoms with Crippen LogP contribution in [0.3, 0.4) is 0 Å². The van der Waals surface area contributed by atoms with Crippen LogP contribution < -0.4 is 5.56 Å². The Kier molecular flexibility index (Phi) is 4.70. The Labute approximate surface area is 162 Å². The number of H-pyrrole nitrogens is 1. The van der Waals surface area contributed by atoms with Gasteiger partial charge in [0.05, 0.1) is 12.2 Å². The lowest BCUT2D eigenvalue weighted by atomic mass is 9.85. The number of amides is 2. The molecule has 2 fully saturated rings. The number of hydrogen-bond acceptors (Lipinski definition) is 5. The highest BCUT2D eigenvalue weighted by molar-refractivity contribution is 5.99. The molecule has 0 bridgehead atoms. The first-order valence-corrected chi connectivity index (χ1v) is 9.58. The SMILES string of the molecule is Cc1ncc(C(=O)N2CCCC23CCCN(Cc2ccccn2)C3=O)c(=O)[nH]1. The van der Waals surface area contributed by atoms with Gasteiger partial charge in [0.15, 0.2) is 0 Å². The van der Waals surface area contributed by atoms with Crippen LogP contribution in [0.1, 0.15) is 47.6 Å². The van der Waals surface area contributed by atoms with Crippen LogP contribution in [-0.2, 0) is 11.3 Å². The van der Waals surface area contributed by atoms with E-state index in [1.165, 1.54) is 6.20 Å². The van der Waals surface area contributed by atoms with Crippen molar-refractivity contribution >= 4 is 11.8 Å². The number of aromatic nitrogens is 3. The molecule has 146 valence electrons. The van der Waals surface area contributed by atoms with E-state index in [4.69, 9.17) is 0 Å². The van der Waals surface area contributed by atoms with Gasteiger partial charge in [-0.3, -0.25) is 19.4 Å². The van der Waals surface area contributed by atoms with Gasteiger partial charge in [-0.25, -0.2) is 4.98 Å². The third-order valence-electron chi connectivity index (χ3n) is 5.67. The number of nitrogens with one attached hydrogen (secondary N) is 1. The zero-order valence-corrected chi connectivity index (χ0v) is 15.9. The second-order valence-corrected chi connectivity index (χ2v) is 7.45. The minimum absolute atomic E-state index is 0.0125. The first-order valence-electron chi connectivity index (χ1n) is 9.58. The van der Waals surface area contributed by atoms with Gasteiger partial charge in [0.25, 0.3) is 11.5 Å². The van der Waals surface area contributed by atoms with E-state index in [0.29, 0.717) is 38.3 Å². The Morgan fingerprint density at radius 1 is 1.18 bits per heavy atom. The van der Waals surface area contributed by atoms with Crippen molar-refractivity contribution in [2.75, 3.05) is 13.1 Å². The Morgan fingerprint density at radius 2 is 1.96 bits per heavy atom. The van der Waals surface area contributed by atoms with Gasteiger partial charge >= 0.3 is 0 Å². The summed E-state index contributed by atoms with van der Waals surface area (Å²) in [6.07, 6.45) is 5.81. The van der Waals surface area contributed by atoms with E-state index in [-0.39, 0.29) is 11.5 Å². The lowest BCUT2D eigenvalue weighted by Gasteiger charge is -2.44. The minimum atomic E-state index is -0.874. The first kappa shape index (κ1) is 18.3. The summed E-state index contributed by atoms with van der Waals surface area (Å²) in [5.41, 5.74) is -0.529. The standard InChI is InChI=1S/C20H23N5O3/c1-14-22-12-16(17(26)23-14)18(27)25-11-5-8-20(25)7-4-10-24(19(20)28)13-15-6-2-3-9-21-15/h2-3,6,9,12H,4-5,7-8,10-11,13H2,1H3,(H,22,23,26). The Hall–Kier alpha value is -3.03.